The number of para-hydroxylation sites is 1. The third-order valence-corrected chi connectivity index (χ3v) is 6.45. The summed E-state index contributed by atoms with van der Waals surface area (Å²) in [5.74, 6) is 0.314. The summed E-state index contributed by atoms with van der Waals surface area (Å²) in [6, 6.07) is 31.9. The molecule has 2 amide bonds. The second-order valence-electron chi connectivity index (χ2n) is 8.51. The minimum absolute atomic E-state index is 0.0688. The van der Waals surface area contributed by atoms with Crippen LogP contribution in [0.2, 0.25) is 0 Å². The zero-order valence-electron chi connectivity index (χ0n) is 20.3. The van der Waals surface area contributed by atoms with Crippen LogP contribution in [0.25, 0.3) is 0 Å². The molecule has 4 aromatic carbocycles. The van der Waals surface area contributed by atoms with E-state index in [9.17, 15) is 9.59 Å². The fourth-order valence-electron chi connectivity index (χ4n) is 3.82. The molecule has 0 aliphatic rings. The van der Waals surface area contributed by atoms with Crippen molar-refractivity contribution in [2.24, 2.45) is 5.73 Å². The highest BCUT2D eigenvalue weighted by molar-refractivity contribution is 9.10. The van der Waals surface area contributed by atoms with Gasteiger partial charge in [-0.25, -0.2) is 0 Å². The quantitative estimate of drug-likeness (QED) is 0.259. The highest BCUT2D eigenvalue weighted by atomic mass is 79.9. The maximum absolute atomic E-state index is 13.2. The average molecular weight is 558 g/mol. The van der Waals surface area contributed by atoms with Crippen molar-refractivity contribution in [3.8, 4) is 5.75 Å². The van der Waals surface area contributed by atoms with Gasteiger partial charge in [0, 0.05) is 29.8 Å². The highest BCUT2D eigenvalue weighted by Gasteiger charge is 2.16. The topological polar surface area (TPSA) is 84.7 Å². The molecule has 0 saturated heterocycles. The summed E-state index contributed by atoms with van der Waals surface area (Å²) in [5, 5.41) is 2.91. The van der Waals surface area contributed by atoms with Crippen molar-refractivity contribution in [3.63, 3.8) is 0 Å². The Labute approximate surface area is 225 Å². The second-order valence-corrected chi connectivity index (χ2v) is 9.36. The molecule has 0 aliphatic heterocycles. The molecule has 0 fully saturated rings. The Bertz CT molecular complexity index is 1340. The molecule has 7 heteroatoms. The van der Waals surface area contributed by atoms with Crippen molar-refractivity contribution in [1.29, 1.82) is 0 Å². The van der Waals surface area contributed by atoms with Gasteiger partial charge in [0.25, 0.3) is 11.8 Å². The highest BCUT2D eigenvalue weighted by Crippen LogP contribution is 2.19. The van der Waals surface area contributed by atoms with Gasteiger partial charge in [-0.15, -0.1) is 0 Å². The number of nitrogens with zero attached hydrogens (tertiary/aromatic N) is 1. The van der Waals surface area contributed by atoms with E-state index in [2.05, 4.69) is 21.2 Å². The van der Waals surface area contributed by atoms with Crippen LogP contribution < -0.4 is 15.8 Å². The van der Waals surface area contributed by atoms with Crippen molar-refractivity contribution in [3.05, 3.63) is 130 Å². The van der Waals surface area contributed by atoms with Gasteiger partial charge in [0.1, 0.15) is 5.75 Å². The van der Waals surface area contributed by atoms with Crippen LogP contribution in [0.5, 0.6) is 5.75 Å². The van der Waals surface area contributed by atoms with Crippen molar-refractivity contribution in [2.75, 3.05) is 11.9 Å². The molecule has 0 atom stereocenters. The first-order valence-corrected chi connectivity index (χ1v) is 12.7. The molecule has 0 spiro atoms. The minimum Gasteiger partial charge on any atom is -0.484 e. The number of benzene rings is 4. The SMILES string of the molecule is NCc1cccc(CN(Cc2ccc(NC(=O)c3ccccc3Br)cc2)C(=O)COc2ccccc2)c1. The molecule has 3 N–H and O–H groups in total. The van der Waals surface area contributed by atoms with Crippen LogP contribution in [0.4, 0.5) is 5.69 Å². The van der Waals surface area contributed by atoms with Crippen LogP contribution in [0.3, 0.4) is 0 Å². The third kappa shape index (κ3) is 7.52. The first-order chi connectivity index (χ1) is 18.0. The van der Waals surface area contributed by atoms with Gasteiger partial charge >= 0.3 is 0 Å². The van der Waals surface area contributed by atoms with E-state index in [4.69, 9.17) is 10.5 Å². The number of halogens is 1. The lowest BCUT2D eigenvalue weighted by molar-refractivity contribution is -0.134. The fraction of sp³-hybridized carbons (Fsp3) is 0.133. The van der Waals surface area contributed by atoms with Crippen molar-refractivity contribution >= 4 is 33.4 Å². The Morgan fingerprint density at radius 2 is 1.46 bits per heavy atom. The maximum atomic E-state index is 13.2. The Balaban J connectivity index is 1.46. The molecule has 0 radical (unpaired) electrons. The van der Waals surface area contributed by atoms with E-state index >= 15 is 0 Å². The monoisotopic (exact) mass is 557 g/mol. The molecular formula is C30H28BrN3O3. The summed E-state index contributed by atoms with van der Waals surface area (Å²) in [6.45, 7) is 1.18. The molecule has 6 nitrogen and oxygen atoms in total. The van der Waals surface area contributed by atoms with E-state index in [0.717, 1.165) is 21.2 Å². The number of carbonyl (C=O) groups is 2. The Hall–Kier alpha value is -3.94. The van der Waals surface area contributed by atoms with Crippen molar-refractivity contribution in [1.82, 2.24) is 4.90 Å². The van der Waals surface area contributed by atoms with E-state index in [1.807, 2.05) is 97.1 Å². The predicted molar refractivity (Wildman–Crippen MR) is 149 cm³/mol. The minimum atomic E-state index is -0.199. The van der Waals surface area contributed by atoms with Crippen LogP contribution in [0, 0.1) is 0 Å². The number of nitrogens with two attached hydrogens (primary N) is 1. The molecule has 0 unspecified atom stereocenters. The third-order valence-electron chi connectivity index (χ3n) is 5.76. The van der Waals surface area contributed by atoms with Crippen LogP contribution in [-0.4, -0.2) is 23.3 Å². The lowest BCUT2D eigenvalue weighted by Gasteiger charge is -2.24. The van der Waals surface area contributed by atoms with Crippen molar-refractivity contribution < 1.29 is 14.3 Å². The standard InChI is InChI=1S/C30H28BrN3O3/c31-28-12-5-4-11-27(28)30(36)33-25-15-13-22(14-16-25)19-34(20-24-8-6-7-23(17-24)18-32)29(35)21-37-26-9-2-1-3-10-26/h1-17H,18-21,32H2,(H,33,36). The smallest absolute Gasteiger partial charge is 0.261 e. The summed E-state index contributed by atoms with van der Waals surface area (Å²) < 4.78 is 6.45. The Morgan fingerprint density at radius 3 is 2.19 bits per heavy atom. The molecule has 0 aliphatic carbocycles. The van der Waals surface area contributed by atoms with Crippen LogP contribution in [0.1, 0.15) is 27.0 Å². The number of amides is 2. The Morgan fingerprint density at radius 1 is 0.784 bits per heavy atom. The molecule has 0 aromatic heterocycles. The normalized spacial score (nSPS) is 10.5. The van der Waals surface area contributed by atoms with Crippen LogP contribution in [-0.2, 0) is 24.4 Å². The largest absolute Gasteiger partial charge is 0.484 e. The number of ether oxygens (including phenoxy) is 1. The Kier molecular flexibility index (Phi) is 9.08. The lowest BCUT2D eigenvalue weighted by atomic mass is 10.1. The van der Waals surface area contributed by atoms with Gasteiger partial charge in [0.15, 0.2) is 6.61 Å². The molecule has 37 heavy (non-hydrogen) atoms. The zero-order valence-corrected chi connectivity index (χ0v) is 21.9. The summed E-state index contributed by atoms with van der Waals surface area (Å²) >= 11 is 3.41. The average Bonchev–Trinajstić information content (AvgIpc) is 2.93. The van der Waals surface area contributed by atoms with Crippen LogP contribution in [0.15, 0.2) is 108 Å². The lowest BCUT2D eigenvalue weighted by Crippen LogP contribution is -2.34. The number of carbonyl (C=O) groups excluding carboxylic acids is 2. The van der Waals surface area contributed by atoms with E-state index in [1.54, 1.807) is 11.0 Å². The summed E-state index contributed by atoms with van der Waals surface area (Å²) in [6.07, 6.45) is 0. The van der Waals surface area contributed by atoms with Gasteiger partial charge in [-0.05, 0) is 69.0 Å². The molecule has 4 aromatic rings. The van der Waals surface area contributed by atoms with E-state index in [0.29, 0.717) is 36.6 Å². The van der Waals surface area contributed by atoms with Crippen LogP contribution >= 0.6 is 15.9 Å². The van der Waals surface area contributed by atoms with Gasteiger partial charge in [0.2, 0.25) is 0 Å². The van der Waals surface area contributed by atoms with Gasteiger partial charge < -0.3 is 20.7 Å². The summed E-state index contributed by atoms with van der Waals surface area (Å²) in [7, 11) is 0. The van der Waals surface area contributed by atoms with Crippen molar-refractivity contribution in [2.45, 2.75) is 19.6 Å². The number of anilines is 1. The summed E-state index contributed by atoms with van der Waals surface area (Å²) in [5.41, 5.74) is 9.97. The maximum Gasteiger partial charge on any atom is 0.261 e. The number of hydrogen-bond acceptors (Lipinski definition) is 4. The molecule has 0 bridgehead atoms. The number of nitrogens with one attached hydrogen (secondary N) is 1. The molecule has 0 heterocycles. The zero-order chi connectivity index (χ0) is 26.0. The molecule has 4 rings (SSSR count). The molecular weight excluding hydrogens is 530 g/mol. The van der Waals surface area contributed by atoms with Gasteiger partial charge in [-0.2, -0.15) is 0 Å². The van der Waals surface area contributed by atoms with Gasteiger partial charge in [0.05, 0.1) is 5.56 Å². The fourth-order valence-corrected chi connectivity index (χ4v) is 4.28. The van der Waals surface area contributed by atoms with Gasteiger partial charge in [-0.3, -0.25) is 9.59 Å². The predicted octanol–water partition coefficient (Wildman–Crippen LogP) is 5.77. The van der Waals surface area contributed by atoms with E-state index in [1.165, 1.54) is 0 Å². The van der Waals surface area contributed by atoms with Gasteiger partial charge in [-0.1, -0.05) is 66.7 Å². The molecule has 188 valence electrons. The number of rotatable bonds is 10. The summed E-state index contributed by atoms with van der Waals surface area (Å²) in [4.78, 5) is 27.6. The van der Waals surface area contributed by atoms with E-state index in [-0.39, 0.29) is 18.4 Å². The number of hydrogen-bond donors (Lipinski definition) is 2. The molecule has 0 saturated carbocycles. The van der Waals surface area contributed by atoms with E-state index < -0.39 is 0 Å². The first-order valence-electron chi connectivity index (χ1n) is 11.9. The first kappa shape index (κ1) is 26.1. The second kappa shape index (κ2) is 12.9.